The third-order valence-corrected chi connectivity index (χ3v) is 4.44. The third kappa shape index (κ3) is 2.50. The molecular weight excluding hydrogens is 342 g/mol. The van der Waals surface area contributed by atoms with Crippen molar-refractivity contribution >= 4 is 22.6 Å². The Balaban J connectivity index is 1.81. The summed E-state index contributed by atoms with van der Waals surface area (Å²) in [6, 6.07) is 17.4. The molecule has 0 atom stereocenters. The lowest BCUT2D eigenvalue weighted by Crippen LogP contribution is -2.11. The number of fused-ring (bicyclic) bond motifs is 1. The van der Waals surface area contributed by atoms with Gasteiger partial charge in [0.15, 0.2) is 11.5 Å². The minimum Gasteiger partial charge on any atom is -0.464 e. The maximum absolute atomic E-state index is 6.06. The van der Waals surface area contributed by atoms with Crippen LogP contribution in [0.1, 0.15) is 0 Å². The van der Waals surface area contributed by atoms with Crippen LogP contribution in [0.2, 0.25) is 0 Å². The van der Waals surface area contributed by atoms with E-state index in [1.165, 1.54) is 6.33 Å². The summed E-state index contributed by atoms with van der Waals surface area (Å²) in [6.45, 7) is 0. The van der Waals surface area contributed by atoms with Gasteiger partial charge in [-0.15, -0.1) is 0 Å². The van der Waals surface area contributed by atoms with Crippen LogP contribution in [-0.2, 0) is 0 Å². The predicted molar refractivity (Wildman–Crippen MR) is 102 cm³/mol. The molecule has 0 saturated heterocycles. The maximum Gasteiger partial charge on any atom is 0.232 e. The average Bonchev–Trinajstić information content (AvgIpc) is 3.47. The SMILES string of the molecule is CN(c1ccccc1)c1ncnc2oc(-c3ccco3)c(-c3ccco3)c12. The van der Waals surface area contributed by atoms with Gasteiger partial charge in [0.2, 0.25) is 5.71 Å². The van der Waals surface area contributed by atoms with Gasteiger partial charge in [-0.05, 0) is 36.4 Å². The lowest BCUT2D eigenvalue weighted by atomic mass is 10.1. The number of benzene rings is 1. The highest BCUT2D eigenvalue weighted by atomic mass is 16.4. The number of hydrogen-bond donors (Lipinski definition) is 0. The summed E-state index contributed by atoms with van der Waals surface area (Å²) in [5.74, 6) is 2.55. The van der Waals surface area contributed by atoms with Crippen LogP contribution in [0.5, 0.6) is 0 Å². The van der Waals surface area contributed by atoms with Crippen molar-refractivity contribution in [2.24, 2.45) is 0 Å². The number of anilines is 2. The van der Waals surface area contributed by atoms with Gasteiger partial charge in [0.1, 0.15) is 17.9 Å². The fourth-order valence-corrected chi connectivity index (χ4v) is 3.18. The van der Waals surface area contributed by atoms with Crippen molar-refractivity contribution in [3.63, 3.8) is 0 Å². The smallest absolute Gasteiger partial charge is 0.232 e. The normalized spacial score (nSPS) is 11.1. The summed E-state index contributed by atoms with van der Waals surface area (Å²) in [7, 11) is 1.96. The van der Waals surface area contributed by atoms with E-state index in [0.29, 0.717) is 23.0 Å². The van der Waals surface area contributed by atoms with E-state index in [2.05, 4.69) is 9.97 Å². The van der Waals surface area contributed by atoms with Gasteiger partial charge in [-0.25, -0.2) is 9.97 Å². The largest absolute Gasteiger partial charge is 0.464 e. The molecular formula is C21H15N3O3. The van der Waals surface area contributed by atoms with Crippen molar-refractivity contribution in [2.75, 3.05) is 11.9 Å². The Morgan fingerprint density at radius 2 is 1.56 bits per heavy atom. The van der Waals surface area contributed by atoms with E-state index in [1.807, 2.05) is 66.5 Å². The molecule has 1 aromatic carbocycles. The highest BCUT2D eigenvalue weighted by molar-refractivity contribution is 6.05. The molecule has 0 aliphatic carbocycles. The highest BCUT2D eigenvalue weighted by Gasteiger charge is 2.26. The number of nitrogens with zero attached hydrogens (tertiary/aromatic N) is 3. The van der Waals surface area contributed by atoms with Crippen molar-refractivity contribution in [2.45, 2.75) is 0 Å². The molecule has 132 valence electrons. The first-order valence-electron chi connectivity index (χ1n) is 8.47. The zero-order chi connectivity index (χ0) is 18.2. The summed E-state index contributed by atoms with van der Waals surface area (Å²) in [5.41, 5.74) is 2.24. The van der Waals surface area contributed by atoms with Crippen LogP contribution in [0.15, 0.2) is 86.7 Å². The molecule has 27 heavy (non-hydrogen) atoms. The quantitative estimate of drug-likeness (QED) is 0.422. The van der Waals surface area contributed by atoms with Crippen LogP contribution in [0, 0.1) is 0 Å². The average molecular weight is 357 g/mol. The molecule has 0 bridgehead atoms. The number of hydrogen-bond acceptors (Lipinski definition) is 6. The number of aromatic nitrogens is 2. The molecule has 0 spiro atoms. The summed E-state index contributed by atoms with van der Waals surface area (Å²) in [4.78, 5) is 10.9. The van der Waals surface area contributed by atoms with Crippen molar-refractivity contribution < 1.29 is 13.3 Å². The van der Waals surface area contributed by atoms with Crippen LogP contribution in [0.4, 0.5) is 11.5 Å². The molecule has 0 amide bonds. The van der Waals surface area contributed by atoms with E-state index in [9.17, 15) is 0 Å². The Hall–Kier alpha value is -3.80. The first kappa shape index (κ1) is 15.5. The van der Waals surface area contributed by atoms with Crippen molar-refractivity contribution in [1.29, 1.82) is 0 Å². The molecule has 4 aromatic heterocycles. The van der Waals surface area contributed by atoms with Gasteiger partial charge >= 0.3 is 0 Å². The Morgan fingerprint density at radius 3 is 2.26 bits per heavy atom. The van der Waals surface area contributed by atoms with Crippen molar-refractivity contribution in [3.8, 4) is 22.8 Å². The van der Waals surface area contributed by atoms with E-state index in [-0.39, 0.29) is 0 Å². The molecule has 0 unspecified atom stereocenters. The Labute approximate surface area is 154 Å². The molecule has 6 heteroatoms. The number of rotatable bonds is 4. The van der Waals surface area contributed by atoms with Crippen LogP contribution >= 0.6 is 0 Å². The van der Waals surface area contributed by atoms with Gasteiger partial charge in [-0.2, -0.15) is 0 Å². The van der Waals surface area contributed by atoms with E-state index in [0.717, 1.165) is 22.5 Å². The second-order valence-corrected chi connectivity index (χ2v) is 6.03. The fourth-order valence-electron chi connectivity index (χ4n) is 3.18. The van der Waals surface area contributed by atoms with Crippen LogP contribution in [-0.4, -0.2) is 17.0 Å². The van der Waals surface area contributed by atoms with Crippen LogP contribution < -0.4 is 4.90 Å². The number of para-hydroxylation sites is 1. The molecule has 0 N–H and O–H groups in total. The van der Waals surface area contributed by atoms with Crippen molar-refractivity contribution in [1.82, 2.24) is 9.97 Å². The monoisotopic (exact) mass is 357 g/mol. The number of furan rings is 3. The van der Waals surface area contributed by atoms with Crippen LogP contribution in [0.25, 0.3) is 33.9 Å². The van der Waals surface area contributed by atoms with E-state index < -0.39 is 0 Å². The van der Waals surface area contributed by atoms with Gasteiger partial charge in [-0.3, -0.25) is 0 Å². The van der Waals surface area contributed by atoms with Gasteiger partial charge in [0.25, 0.3) is 0 Å². The van der Waals surface area contributed by atoms with Gasteiger partial charge in [0, 0.05) is 12.7 Å². The minimum absolute atomic E-state index is 0.473. The minimum atomic E-state index is 0.473. The molecule has 4 heterocycles. The van der Waals surface area contributed by atoms with Crippen molar-refractivity contribution in [3.05, 3.63) is 73.5 Å². The van der Waals surface area contributed by atoms with Gasteiger partial charge < -0.3 is 18.2 Å². The summed E-state index contributed by atoms with van der Waals surface area (Å²) >= 11 is 0. The third-order valence-electron chi connectivity index (χ3n) is 4.44. The summed E-state index contributed by atoms with van der Waals surface area (Å²) in [6.07, 6.45) is 4.74. The van der Waals surface area contributed by atoms with Gasteiger partial charge in [0.05, 0.1) is 23.5 Å². The molecule has 0 radical (unpaired) electrons. The van der Waals surface area contributed by atoms with E-state index in [4.69, 9.17) is 13.3 Å². The Kier molecular flexibility index (Phi) is 3.53. The molecule has 0 saturated carbocycles. The molecule has 0 fully saturated rings. The lowest BCUT2D eigenvalue weighted by molar-refractivity contribution is 0.536. The van der Waals surface area contributed by atoms with E-state index >= 15 is 0 Å². The zero-order valence-electron chi connectivity index (χ0n) is 14.5. The second-order valence-electron chi connectivity index (χ2n) is 6.03. The predicted octanol–water partition coefficient (Wildman–Crippen LogP) is 5.51. The molecule has 5 rings (SSSR count). The summed E-state index contributed by atoms with van der Waals surface area (Å²) in [5, 5.41) is 0.769. The fraction of sp³-hybridized carbons (Fsp3) is 0.0476. The van der Waals surface area contributed by atoms with Crippen LogP contribution in [0.3, 0.4) is 0 Å². The second kappa shape index (κ2) is 6.17. The zero-order valence-corrected chi connectivity index (χ0v) is 14.5. The molecule has 5 aromatic rings. The maximum atomic E-state index is 6.06. The Bertz CT molecular complexity index is 1180. The first-order chi connectivity index (χ1) is 13.3. The van der Waals surface area contributed by atoms with E-state index in [1.54, 1.807) is 12.5 Å². The molecule has 0 aliphatic rings. The summed E-state index contributed by atoms with van der Waals surface area (Å²) < 4.78 is 17.3. The highest BCUT2D eigenvalue weighted by Crippen LogP contribution is 2.44. The lowest BCUT2D eigenvalue weighted by Gasteiger charge is -2.18. The molecule has 0 aliphatic heterocycles. The topological polar surface area (TPSA) is 68.4 Å². The Morgan fingerprint density at radius 1 is 0.815 bits per heavy atom. The molecule has 6 nitrogen and oxygen atoms in total. The van der Waals surface area contributed by atoms with Gasteiger partial charge in [-0.1, -0.05) is 18.2 Å². The first-order valence-corrected chi connectivity index (χ1v) is 8.47. The standard InChI is InChI=1S/C21H15N3O3/c1-24(14-7-3-2-4-8-14)20-18-17(15-9-5-11-25-15)19(16-10-6-12-26-16)27-21(18)23-13-22-20/h2-13H,1H3.